The Balaban J connectivity index is 1.27. The van der Waals surface area contributed by atoms with Crippen LogP contribution in [0.25, 0.3) is 0 Å². The SMILES string of the molecule is CCOC[C@H]1CC[C@@H]2C3CC[C@@]4(C)C(CCC4[C@@H](CC)Nc4cccc(C#N)c4)[C@@H]3CC[C@@H]2C1. The van der Waals surface area contributed by atoms with E-state index in [2.05, 4.69) is 38.2 Å². The first kappa shape index (κ1) is 24.2. The molecule has 0 spiro atoms. The lowest BCUT2D eigenvalue weighted by Crippen LogP contribution is -2.50. The van der Waals surface area contributed by atoms with Crippen LogP contribution < -0.4 is 5.32 Å². The first-order chi connectivity index (χ1) is 16.6. The molecule has 0 amide bonds. The second-order valence-electron chi connectivity index (χ2n) is 12.4. The van der Waals surface area contributed by atoms with Crippen LogP contribution in [0.15, 0.2) is 24.3 Å². The molecule has 3 heteroatoms. The zero-order chi connectivity index (χ0) is 23.7. The van der Waals surface area contributed by atoms with Gasteiger partial charge in [0.25, 0.3) is 0 Å². The molecule has 1 aromatic rings. The van der Waals surface area contributed by atoms with Gasteiger partial charge >= 0.3 is 0 Å². The molecular formula is C31H46N2O. The lowest BCUT2D eigenvalue weighted by Gasteiger charge is -2.57. The lowest BCUT2D eigenvalue weighted by molar-refractivity contribution is -0.0743. The summed E-state index contributed by atoms with van der Waals surface area (Å²) in [4.78, 5) is 0. The molecule has 0 aromatic heterocycles. The van der Waals surface area contributed by atoms with Crippen molar-refractivity contribution in [3.8, 4) is 6.07 Å². The van der Waals surface area contributed by atoms with Crippen LogP contribution in [0.2, 0.25) is 0 Å². The Hall–Kier alpha value is -1.53. The minimum absolute atomic E-state index is 0.473. The van der Waals surface area contributed by atoms with E-state index in [0.717, 1.165) is 72.3 Å². The quantitative estimate of drug-likeness (QED) is 0.452. The van der Waals surface area contributed by atoms with E-state index in [1.165, 1.54) is 57.8 Å². The molecule has 5 rings (SSSR count). The van der Waals surface area contributed by atoms with Crippen LogP contribution >= 0.6 is 0 Å². The highest BCUT2D eigenvalue weighted by Gasteiger charge is 2.58. The molecule has 1 aromatic carbocycles. The molecule has 1 N–H and O–H groups in total. The summed E-state index contributed by atoms with van der Waals surface area (Å²) >= 11 is 0. The summed E-state index contributed by atoms with van der Waals surface area (Å²) in [5.74, 6) is 6.40. The fraction of sp³-hybridized carbons (Fsp3) is 0.774. The molecule has 0 bridgehead atoms. The topological polar surface area (TPSA) is 45.0 Å². The van der Waals surface area contributed by atoms with Crippen LogP contribution in [-0.2, 0) is 4.74 Å². The molecule has 4 fully saturated rings. The van der Waals surface area contributed by atoms with Gasteiger partial charge in [-0.25, -0.2) is 0 Å². The molecule has 3 nitrogen and oxygen atoms in total. The van der Waals surface area contributed by atoms with E-state index in [9.17, 15) is 5.26 Å². The van der Waals surface area contributed by atoms with Crippen molar-refractivity contribution < 1.29 is 4.74 Å². The Kier molecular flexibility index (Phi) is 7.27. The zero-order valence-electron chi connectivity index (χ0n) is 21.8. The number of nitrogens with zero attached hydrogens (tertiary/aromatic N) is 1. The third kappa shape index (κ3) is 4.41. The molecule has 9 atom stereocenters. The minimum Gasteiger partial charge on any atom is -0.382 e. The molecule has 4 saturated carbocycles. The van der Waals surface area contributed by atoms with Gasteiger partial charge in [-0.1, -0.05) is 19.9 Å². The largest absolute Gasteiger partial charge is 0.382 e. The number of benzene rings is 1. The Labute approximate surface area is 208 Å². The number of fused-ring (bicyclic) bond motifs is 5. The van der Waals surface area contributed by atoms with E-state index >= 15 is 0 Å². The van der Waals surface area contributed by atoms with Crippen LogP contribution in [0.1, 0.15) is 90.5 Å². The van der Waals surface area contributed by atoms with E-state index < -0.39 is 0 Å². The second kappa shape index (κ2) is 10.2. The van der Waals surface area contributed by atoms with Crippen LogP contribution in [0.5, 0.6) is 0 Å². The number of hydrogen-bond acceptors (Lipinski definition) is 3. The van der Waals surface area contributed by atoms with Gasteiger partial charge in [0.2, 0.25) is 0 Å². The molecular weight excluding hydrogens is 416 g/mol. The Morgan fingerprint density at radius 2 is 1.91 bits per heavy atom. The minimum atomic E-state index is 0.473. The summed E-state index contributed by atoms with van der Waals surface area (Å²) in [6.45, 7) is 9.01. The second-order valence-corrected chi connectivity index (χ2v) is 12.4. The normalized spacial score (nSPS) is 39.9. The number of ether oxygens (including phenoxy) is 1. The number of anilines is 1. The van der Waals surface area contributed by atoms with E-state index in [0.29, 0.717) is 11.5 Å². The zero-order valence-corrected chi connectivity index (χ0v) is 21.8. The van der Waals surface area contributed by atoms with Gasteiger partial charge in [0, 0.05) is 24.9 Å². The van der Waals surface area contributed by atoms with Gasteiger partial charge in [0.05, 0.1) is 11.6 Å². The lowest BCUT2D eigenvalue weighted by atomic mass is 9.49. The third-order valence-electron chi connectivity index (χ3n) is 11.0. The van der Waals surface area contributed by atoms with Crippen molar-refractivity contribution in [3.05, 3.63) is 29.8 Å². The molecule has 0 saturated heterocycles. The summed E-state index contributed by atoms with van der Waals surface area (Å²) < 4.78 is 5.81. The Bertz CT molecular complexity index is 876. The van der Waals surface area contributed by atoms with Crippen LogP contribution in [-0.4, -0.2) is 19.3 Å². The number of rotatable bonds is 7. The van der Waals surface area contributed by atoms with Gasteiger partial charge in [-0.15, -0.1) is 0 Å². The highest BCUT2D eigenvalue weighted by molar-refractivity contribution is 5.50. The molecule has 4 aliphatic rings. The predicted octanol–water partition coefficient (Wildman–Crippen LogP) is 7.67. The molecule has 3 unspecified atom stereocenters. The van der Waals surface area contributed by atoms with Crippen molar-refractivity contribution in [2.75, 3.05) is 18.5 Å². The van der Waals surface area contributed by atoms with Gasteiger partial charge in [-0.2, -0.15) is 5.26 Å². The fourth-order valence-corrected chi connectivity index (χ4v) is 9.47. The van der Waals surface area contributed by atoms with Crippen molar-refractivity contribution in [2.45, 2.75) is 91.0 Å². The Morgan fingerprint density at radius 1 is 1.06 bits per heavy atom. The van der Waals surface area contributed by atoms with E-state index in [1.54, 1.807) is 0 Å². The summed E-state index contributed by atoms with van der Waals surface area (Å²) in [6.07, 6.45) is 14.1. The maximum atomic E-state index is 9.32. The predicted molar refractivity (Wildman–Crippen MR) is 139 cm³/mol. The maximum Gasteiger partial charge on any atom is 0.0992 e. The summed E-state index contributed by atoms with van der Waals surface area (Å²) in [5.41, 5.74) is 2.35. The van der Waals surface area contributed by atoms with Crippen molar-refractivity contribution in [2.24, 2.45) is 46.8 Å². The highest BCUT2D eigenvalue weighted by atomic mass is 16.5. The average molecular weight is 463 g/mol. The van der Waals surface area contributed by atoms with Crippen molar-refractivity contribution >= 4 is 5.69 Å². The number of hydrogen-bond donors (Lipinski definition) is 1. The van der Waals surface area contributed by atoms with Crippen molar-refractivity contribution in [1.82, 2.24) is 0 Å². The maximum absolute atomic E-state index is 9.32. The Morgan fingerprint density at radius 3 is 2.71 bits per heavy atom. The van der Waals surface area contributed by atoms with Crippen LogP contribution in [0.4, 0.5) is 5.69 Å². The summed E-state index contributed by atoms with van der Waals surface area (Å²) in [5, 5.41) is 13.2. The molecule has 0 aliphatic heterocycles. The van der Waals surface area contributed by atoms with Crippen LogP contribution in [0.3, 0.4) is 0 Å². The van der Waals surface area contributed by atoms with Crippen molar-refractivity contribution in [1.29, 1.82) is 5.26 Å². The first-order valence-corrected chi connectivity index (χ1v) is 14.4. The average Bonchev–Trinajstić information content (AvgIpc) is 3.22. The molecule has 34 heavy (non-hydrogen) atoms. The third-order valence-corrected chi connectivity index (χ3v) is 11.0. The van der Waals surface area contributed by atoms with E-state index in [1.807, 2.05) is 18.2 Å². The molecule has 186 valence electrons. The van der Waals surface area contributed by atoms with Gasteiger partial charge in [-0.3, -0.25) is 0 Å². The van der Waals surface area contributed by atoms with E-state index in [4.69, 9.17) is 4.74 Å². The van der Waals surface area contributed by atoms with E-state index in [-0.39, 0.29) is 0 Å². The fourth-order valence-electron chi connectivity index (χ4n) is 9.47. The van der Waals surface area contributed by atoms with Gasteiger partial charge in [0.15, 0.2) is 0 Å². The molecule has 0 heterocycles. The van der Waals surface area contributed by atoms with Crippen LogP contribution in [0, 0.1) is 58.2 Å². The van der Waals surface area contributed by atoms with Gasteiger partial charge in [-0.05, 0) is 136 Å². The summed E-state index contributed by atoms with van der Waals surface area (Å²) in [6, 6.07) is 10.9. The molecule has 4 aliphatic carbocycles. The monoisotopic (exact) mass is 462 g/mol. The van der Waals surface area contributed by atoms with Gasteiger partial charge < -0.3 is 10.1 Å². The number of nitrogens with one attached hydrogen (secondary N) is 1. The highest BCUT2D eigenvalue weighted by Crippen LogP contribution is 2.65. The smallest absolute Gasteiger partial charge is 0.0992 e. The number of nitriles is 1. The molecule has 0 radical (unpaired) electrons. The summed E-state index contributed by atoms with van der Waals surface area (Å²) in [7, 11) is 0. The van der Waals surface area contributed by atoms with Gasteiger partial charge in [0.1, 0.15) is 0 Å². The standard InChI is InChI=1S/C31H46N2O/c1-4-30(33-24-8-6-7-21(18-24)19-32)29-14-13-28-27-12-10-23-17-22(20-34-5-2)9-11-25(23)26(27)15-16-31(28,29)3/h6-8,18,22-23,25-30,33H,4-5,9-17,20H2,1-3H3/t22-,23+,25-,26?,27+,28?,29?,30+,31-/m0/s1. The van der Waals surface area contributed by atoms with Crippen molar-refractivity contribution in [3.63, 3.8) is 0 Å². The first-order valence-electron chi connectivity index (χ1n) is 14.4.